The molecule has 3 saturated heterocycles. The van der Waals surface area contributed by atoms with Gasteiger partial charge in [0.2, 0.25) is 11.8 Å². The SMILES string of the molecule is O=C(O[C@@H]1CC2CC[N+]1(CCc1cccs1)CC2)C(O)(c1ccsc1)c1ccsc1. The molecule has 0 aliphatic carbocycles. The van der Waals surface area contributed by atoms with Gasteiger partial charge in [-0.3, -0.25) is 4.48 Å². The van der Waals surface area contributed by atoms with Gasteiger partial charge < -0.3 is 9.84 Å². The van der Waals surface area contributed by atoms with Crippen LogP contribution in [0.4, 0.5) is 0 Å². The zero-order chi connectivity index (χ0) is 20.6. The van der Waals surface area contributed by atoms with Crippen molar-refractivity contribution in [3.63, 3.8) is 0 Å². The zero-order valence-corrected chi connectivity index (χ0v) is 19.2. The van der Waals surface area contributed by atoms with Crippen molar-refractivity contribution < 1.29 is 19.1 Å². The van der Waals surface area contributed by atoms with Gasteiger partial charge in [0, 0.05) is 41.7 Å². The number of aliphatic hydroxyl groups is 1. The first-order valence-electron chi connectivity index (χ1n) is 10.5. The van der Waals surface area contributed by atoms with E-state index in [9.17, 15) is 9.90 Å². The van der Waals surface area contributed by atoms with Crippen LogP contribution in [0.5, 0.6) is 0 Å². The van der Waals surface area contributed by atoms with Crippen molar-refractivity contribution in [3.05, 3.63) is 67.2 Å². The Morgan fingerprint density at radius 1 is 1.10 bits per heavy atom. The smallest absolute Gasteiger partial charge is 0.352 e. The van der Waals surface area contributed by atoms with E-state index >= 15 is 0 Å². The number of hydrogen-bond acceptors (Lipinski definition) is 6. The number of carbonyl (C=O) groups is 1. The van der Waals surface area contributed by atoms with E-state index in [1.807, 2.05) is 33.7 Å². The lowest BCUT2D eigenvalue weighted by atomic mass is 9.83. The molecule has 0 spiro atoms. The standard InChI is InChI=1S/C23H26NO3S3/c25-22(23(26,18-6-12-28-15-18)19-7-13-29-16-19)27-21-14-17-3-8-24(21,9-4-17)10-5-20-2-1-11-30-20/h1-2,6-7,11-13,15-17,21,26H,3-5,8-10,14H2/q+1/t17?,21-,24?/m1/s1. The average molecular weight is 461 g/mol. The summed E-state index contributed by atoms with van der Waals surface area (Å²) in [6.45, 7) is 3.10. The maximum absolute atomic E-state index is 13.5. The molecule has 0 aromatic carbocycles. The lowest BCUT2D eigenvalue weighted by molar-refractivity contribution is -0.984. The van der Waals surface area contributed by atoms with Crippen LogP contribution >= 0.6 is 34.0 Å². The second-order valence-electron chi connectivity index (χ2n) is 8.49. The molecule has 0 amide bonds. The number of fused-ring (bicyclic) bond motifs is 3. The lowest BCUT2D eigenvalue weighted by Crippen LogP contribution is -2.66. The van der Waals surface area contributed by atoms with Crippen LogP contribution in [0, 0.1) is 5.92 Å². The summed E-state index contributed by atoms with van der Waals surface area (Å²) in [5, 5.41) is 21.2. The van der Waals surface area contributed by atoms with Gasteiger partial charge >= 0.3 is 5.97 Å². The molecule has 3 aromatic rings. The van der Waals surface area contributed by atoms with E-state index in [1.54, 1.807) is 11.3 Å². The van der Waals surface area contributed by atoms with Gasteiger partial charge in [0.1, 0.15) is 0 Å². The fourth-order valence-corrected chi connectivity index (χ4v) is 7.13. The van der Waals surface area contributed by atoms with Crippen molar-refractivity contribution in [1.82, 2.24) is 0 Å². The Kier molecular flexibility index (Phi) is 5.58. The first-order chi connectivity index (χ1) is 14.6. The minimum Gasteiger partial charge on any atom is -0.410 e. The van der Waals surface area contributed by atoms with E-state index in [2.05, 4.69) is 17.5 Å². The molecule has 0 saturated carbocycles. The molecular weight excluding hydrogens is 434 g/mol. The average Bonchev–Trinajstić information content (AvgIpc) is 3.56. The maximum Gasteiger partial charge on any atom is 0.352 e. The molecule has 3 aliphatic rings. The summed E-state index contributed by atoms with van der Waals surface area (Å²) in [7, 11) is 0. The molecule has 6 rings (SSSR count). The van der Waals surface area contributed by atoms with E-state index in [-0.39, 0.29) is 6.23 Å². The number of thiophene rings is 3. The summed E-state index contributed by atoms with van der Waals surface area (Å²) < 4.78 is 7.04. The molecule has 1 atom stereocenters. The van der Waals surface area contributed by atoms with Gasteiger partial charge in [0.15, 0.2) is 0 Å². The van der Waals surface area contributed by atoms with Crippen LogP contribution in [-0.2, 0) is 21.6 Å². The van der Waals surface area contributed by atoms with Crippen LogP contribution in [0.25, 0.3) is 0 Å². The molecule has 30 heavy (non-hydrogen) atoms. The van der Waals surface area contributed by atoms with Crippen LogP contribution in [0.15, 0.2) is 51.2 Å². The van der Waals surface area contributed by atoms with Crippen LogP contribution in [0.1, 0.15) is 35.3 Å². The highest BCUT2D eigenvalue weighted by atomic mass is 32.1. The fraction of sp³-hybridized carbons (Fsp3) is 0.435. The Morgan fingerprint density at radius 2 is 1.80 bits per heavy atom. The van der Waals surface area contributed by atoms with Crippen LogP contribution < -0.4 is 0 Å². The molecular formula is C23H26NO3S3+. The van der Waals surface area contributed by atoms with Gasteiger partial charge in [-0.25, -0.2) is 4.79 Å². The predicted octanol–water partition coefficient (Wildman–Crippen LogP) is 4.85. The molecule has 158 valence electrons. The molecule has 0 unspecified atom stereocenters. The molecule has 3 fully saturated rings. The second kappa shape index (κ2) is 8.20. The quantitative estimate of drug-likeness (QED) is 0.405. The highest BCUT2D eigenvalue weighted by Crippen LogP contribution is 2.41. The summed E-state index contributed by atoms with van der Waals surface area (Å²) in [6, 6.07) is 7.92. The topological polar surface area (TPSA) is 46.5 Å². The molecule has 1 N–H and O–H groups in total. The van der Waals surface area contributed by atoms with Crippen molar-refractivity contribution in [2.24, 2.45) is 5.92 Å². The second-order valence-corrected chi connectivity index (χ2v) is 11.1. The summed E-state index contributed by atoms with van der Waals surface area (Å²) in [5.74, 6) is 0.0883. The Hall–Kier alpha value is -1.51. The Labute approximate surface area is 189 Å². The van der Waals surface area contributed by atoms with E-state index in [0.717, 1.165) is 37.0 Å². The summed E-state index contributed by atoms with van der Waals surface area (Å²) in [4.78, 5) is 14.9. The molecule has 2 bridgehead atoms. The fourth-order valence-electron chi connectivity index (χ4n) is 5.04. The number of quaternary nitrogens is 1. The van der Waals surface area contributed by atoms with Crippen molar-refractivity contribution in [2.45, 2.75) is 37.5 Å². The first-order valence-corrected chi connectivity index (χ1v) is 13.2. The summed E-state index contributed by atoms with van der Waals surface area (Å²) >= 11 is 4.75. The van der Waals surface area contributed by atoms with E-state index < -0.39 is 11.6 Å². The number of esters is 1. The molecule has 0 radical (unpaired) electrons. The molecule has 7 heteroatoms. The van der Waals surface area contributed by atoms with Crippen molar-refractivity contribution in [1.29, 1.82) is 0 Å². The zero-order valence-electron chi connectivity index (χ0n) is 16.7. The Bertz CT molecular complexity index is 923. The molecule has 6 heterocycles. The third-order valence-electron chi connectivity index (χ3n) is 6.91. The molecule has 3 aliphatic heterocycles. The van der Waals surface area contributed by atoms with Crippen molar-refractivity contribution in [2.75, 3.05) is 19.6 Å². The number of rotatable bonds is 7. The highest BCUT2D eigenvalue weighted by Gasteiger charge is 2.52. The van der Waals surface area contributed by atoms with E-state index in [0.29, 0.717) is 17.0 Å². The van der Waals surface area contributed by atoms with Gasteiger partial charge in [-0.2, -0.15) is 22.7 Å². The third kappa shape index (κ3) is 3.56. The van der Waals surface area contributed by atoms with Gasteiger partial charge in [-0.15, -0.1) is 11.3 Å². The summed E-state index contributed by atoms with van der Waals surface area (Å²) in [6.07, 6.45) is 4.15. The van der Waals surface area contributed by atoms with Crippen molar-refractivity contribution in [3.8, 4) is 0 Å². The largest absolute Gasteiger partial charge is 0.410 e. The predicted molar refractivity (Wildman–Crippen MR) is 122 cm³/mol. The maximum atomic E-state index is 13.5. The minimum absolute atomic E-state index is 0.172. The number of piperidine rings is 3. The lowest BCUT2D eigenvalue weighted by Gasteiger charge is -2.53. The molecule has 3 aromatic heterocycles. The number of carbonyl (C=O) groups excluding carboxylic acids is 1. The number of ether oxygens (including phenoxy) is 1. The highest BCUT2D eigenvalue weighted by molar-refractivity contribution is 7.10. The normalized spacial score (nSPS) is 26.0. The minimum atomic E-state index is -1.74. The van der Waals surface area contributed by atoms with Gasteiger partial charge in [0.25, 0.3) is 0 Å². The summed E-state index contributed by atoms with van der Waals surface area (Å²) in [5.41, 5.74) is -0.552. The van der Waals surface area contributed by atoms with Gasteiger partial charge in [-0.05, 0) is 51.0 Å². The third-order valence-corrected chi connectivity index (χ3v) is 9.21. The van der Waals surface area contributed by atoms with Gasteiger partial charge in [0.05, 0.1) is 19.6 Å². The van der Waals surface area contributed by atoms with Crippen molar-refractivity contribution >= 4 is 40.0 Å². The number of hydrogen-bond donors (Lipinski definition) is 1. The monoisotopic (exact) mass is 460 g/mol. The van der Waals surface area contributed by atoms with Crippen LogP contribution in [-0.4, -0.2) is 41.4 Å². The van der Waals surface area contributed by atoms with E-state index in [1.165, 1.54) is 40.4 Å². The van der Waals surface area contributed by atoms with Gasteiger partial charge in [-0.1, -0.05) is 6.07 Å². The van der Waals surface area contributed by atoms with Crippen LogP contribution in [0.2, 0.25) is 0 Å². The van der Waals surface area contributed by atoms with E-state index in [4.69, 9.17) is 4.74 Å². The van der Waals surface area contributed by atoms with Crippen LogP contribution in [0.3, 0.4) is 0 Å². The Morgan fingerprint density at radius 3 is 2.37 bits per heavy atom. The molecule has 4 nitrogen and oxygen atoms in total. The first kappa shape index (κ1) is 20.4. The number of nitrogens with zero attached hydrogens (tertiary/aromatic N) is 1. The Balaban J connectivity index is 1.40.